The van der Waals surface area contributed by atoms with Gasteiger partial charge >= 0.3 is 0 Å². The Morgan fingerprint density at radius 2 is 1.97 bits per heavy atom. The van der Waals surface area contributed by atoms with E-state index in [1.165, 1.54) is 6.07 Å². The molecule has 0 atom stereocenters. The largest absolute Gasteiger partial charge is 0.497 e. The molecule has 0 spiro atoms. The standard InChI is InChI=1S/C23H17N3O4/c1-29-19-9-4-7-17(14-19)23-25-20-15-18(11-12-22(20)30-23)24-13-5-8-16-6-2-3-10-21(16)26(27)28/h2-15H,1H3. The van der Waals surface area contributed by atoms with Crippen molar-refractivity contribution in [3.8, 4) is 17.2 Å². The summed E-state index contributed by atoms with van der Waals surface area (Å²) in [6, 6.07) is 19.5. The Morgan fingerprint density at radius 1 is 1.10 bits per heavy atom. The normalized spacial score (nSPS) is 11.5. The van der Waals surface area contributed by atoms with Gasteiger partial charge < -0.3 is 9.15 Å². The van der Waals surface area contributed by atoms with Crippen LogP contribution in [-0.2, 0) is 0 Å². The zero-order valence-electron chi connectivity index (χ0n) is 16.1. The van der Waals surface area contributed by atoms with Gasteiger partial charge in [0.05, 0.1) is 23.3 Å². The monoisotopic (exact) mass is 399 g/mol. The third-order valence-corrected chi connectivity index (χ3v) is 4.41. The van der Waals surface area contributed by atoms with Gasteiger partial charge in [0.25, 0.3) is 5.69 Å². The first kappa shape index (κ1) is 19.1. The molecule has 0 bridgehead atoms. The molecule has 0 radical (unpaired) electrons. The predicted molar refractivity (Wildman–Crippen MR) is 116 cm³/mol. The van der Waals surface area contributed by atoms with Gasteiger partial charge in [-0.2, -0.15) is 0 Å². The second-order valence-electron chi connectivity index (χ2n) is 6.36. The maximum absolute atomic E-state index is 11.1. The van der Waals surface area contributed by atoms with Crippen LogP contribution in [0.15, 0.2) is 82.2 Å². The van der Waals surface area contributed by atoms with E-state index >= 15 is 0 Å². The number of nitro benzene ring substituents is 1. The SMILES string of the molecule is COc1cccc(-c2nc3cc(N=CC=Cc4ccccc4[N+](=O)[O-])ccc3o2)c1. The van der Waals surface area contributed by atoms with E-state index in [4.69, 9.17) is 9.15 Å². The molecule has 1 aromatic heterocycles. The first-order chi connectivity index (χ1) is 14.6. The Labute approximate surface area is 172 Å². The summed E-state index contributed by atoms with van der Waals surface area (Å²) in [5.41, 5.74) is 3.43. The van der Waals surface area contributed by atoms with Crippen LogP contribution in [0.4, 0.5) is 11.4 Å². The molecular formula is C23H17N3O4. The quantitative estimate of drug-likeness (QED) is 0.231. The van der Waals surface area contributed by atoms with Crippen LogP contribution in [0, 0.1) is 10.1 Å². The van der Waals surface area contributed by atoms with Crippen molar-refractivity contribution in [2.75, 3.05) is 7.11 Å². The number of benzene rings is 3. The average molecular weight is 399 g/mol. The van der Waals surface area contributed by atoms with E-state index in [1.807, 2.05) is 42.5 Å². The van der Waals surface area contributed by atoms with Crippen molar-refractivity contribution in [2.45, 2.75) is 0 Å². The number of fused-ring (bicyclic) bond motifs is 1. The Hall–Kier alpha value is -4.26. The number of allylic oxidation sites excluding steroid dienone is 1. The Balaban J connectivity index is 1.55. The molecular weight excluding hydrogens is 382 g/mol. The molecule has 0 unspecified atom stereocenters. The summed E-state index contributed by atoms with van der Waals surface area (Å²) < 4.78 is 11.1. The average Bonchev–Trinajstić information content (AvgIpc) is 3.20. The fraction of sp³-hybridized carbons (Fsp3) is 0.0435. The second kappa shape index (κ2) is 8.40. The van der Waals surface area contributed by atoms with Crippen LogP contribution in [-0.4, -0.2) is 23.2 Å². The molecule has 0 amide bonds. The minimum Gasteiger partial charge on any atom is -0.497 e. The van der Waals surface area contributed by atoms with Crippen molar-refractivity contribution >= 4 is 34.8 Å². The molecule has 148 valence electrons. The highest BCUT2D eigenvalue weighted by atomic mass is 16.6. The van der Waals surface area contributed by atoms with Gasteiger partial charge in [-0.1, -0.05) is 18.2 Å². The topological polar surface area (TPSA) is 90.8 Å². The lowest BCUT2D eigenvalue weighted by atomic mass is 10.1. The van der Waals surface area contributed by atoms with Gasteiger partial charge in [0.2, 0.25) is 5.89 Å². The van der Waals surface area contributed by atoms with E-state index in [2.05, 4.69) is 9.98 Å². The van der Waals surface area contributed by atoms with Gasteiger partial charge in [-0.25, -0.2) is 4.98 Å². The second-order valence-corrected chi connectivity index (χ2v) is 6.36. The van der Waals surface area contributed by atoms with Gasteiger partial charge in [0.1, 0.15) is 11.3 Å². The van der Waals surface area contributed by atoms with E-state index in [1.54, 1.807) is 43.7 Å². The predicted octanol–water partition coefficient (Wildman–Crippen LogP) is 5.83. The first-order valence-electron chi connectivity index (χ1n) is 9.13. The van der Waals surface area contributed by atoms with Gasteiger partial charge in [0, 0.05) is 17.8 Å². The lowest BCUT2D eigenvalue weighted by Gasteiger charge is -2.00. The lowest BCUT2D eigenvalue weighted by Crippen LogP contribution is -1.90. The number of hydrogen-bond acceptors (Lipinski definition) is 6. The third-order valence-electron chi connectivity index (χ3n) is 4.41. The zero-order chi connectivity index (χ0) is 20.9. The van der Waals surface area contributed by atoms with Crippen molar-refractivity contribution in [3.63, 3.8) is 0 Å². The van der Waals surface area contributed by atoms with E-state index in [0.717, 1.165) is 11.3 Å². The number of aliphatic imine (C=N–C) groups is 1. The minimum atomic E-state index is -0.408. The molecule has 30 heavy (non-hydrogen) atoms. The number of nitrogens with zero attached hydrogens (tertiary/aromatic N) is 3. The van der Waals surface area contributed by atoms with Crippen molar-refractivity contribution < 1.29 is 14.1 Å². The van der Waals surface area contributed by atoms with Gasteiger partial charge in [-0.15, -0.1) is 0 Å². The molecule has 0 fully saturated rings. The summed E-state index contributed by atoms with van der Waals surface area (Å²) in [6.45, 7) is 0. The van der Waals surface area contributed by atoms with E-state index in [9.17, 15) is 10.1 Å². The molecule has 7 nitrogen and oxygen atoms in total. The number of rotatable bonds is 6. The number of para-hydroxylation sites is 1. The molecule has 4 aromatic rings. The third kappa shape index (κ3) is 4.10. The smallest absolute Gasteiger partial charge is 0.276 e. The molecule has 0 aliphatic rings. The molecule has 4 rings (SSSR count). The van der Waals surface area contributed by atoms with E-state index < -0.39 is 4.92 Å². The lowest BCUT2D eigenvalue weighted by molar-refractivity contribution is -0.385. The Bertz CT molecular complexity index is 1270. The zero-order valence-corrected chi connectivity index (χ0v) is 16.1. The summed E-state index contributed by atoms with van der Waals surface area (Å²) >= 11 is 0. The fourth-order valence-corrected chi connectivity index (χ4v) is 2.95. The van der Waals surface area contributed by atoms with E-state index in [-0.39, 0.29) is 5.69 Å². The highest BCUT2D eigenvalue weighted by molar-refractivity contribution is 5.84. The maximum Gasteiger partial charge on any atom is 0.276 e. The molecule has 0 saturated heterocycles. The number of oxazole rings is 1. The van der Waals surface area contributed by atoms with Gasteiger partial charge in [-0.05, 0) is 54.6 Å². The van der Waals surface area contributed by atoms with Crippen LogP contribution in [0.3, 0.4) is 0 Å². The number of ether oxygens (including phenoxy) is 1. The van der Waals surface area contributed by atoms with Crippen molar-refractivity contribution in [3.05, 3.63) is 88.5 Å². The van der Waals surface area contributed by atoms with Crippen molar-refractivity contribution in [1.82, 2.24) is 4.98 Å². The maximum atomic E-state index is 11.1. The molecule has 7 heteroatoms. The van der Waals surface area contributed by atoms with Crippen LogP contribution in [0.25, 0.3) is 28.6 Å². The summed E-state index contributed by atoms with van der Waals surface area (Å²) in [6.07, 6.45) is 4.90. The summed E-state index contributed by atoms with van der Waals surface area (Å²) in [5, 5.41) is 11.1. The number of nitro groups is 1. The number of hydrogen-bond donors (Lipinski definition) is 0. The molecule has 0 N–H and O–H groups in total. The number of aromatic nitrogens is 1. The summed E-state index contributed by atoms with van der Waals surface area (Å²) in [4.78, 5) is 19.6. The Kier molecular flexibility index (Phi) is 5.34. The molecule has 0 saturated carbocycles. The number of methoxy groups -OCH3 is 1. The van der Waals surface area contributed by atoms with Crippen LogP contribution < -0.4 is 4.74 Å². The Morgan fingerprint density at radius 3 is 2.80 bits per heavy atom. The summed E-state index contributed by atoms with van der Waals surface area (Å²) in [5.74, 6) is 1.23. The van der Waals surface area contributed by atoms with Crippen molar-refractivity contribution in [2.24, 2.45) is 4.99 Å². The minimum absolute atomic E-state index is 0.0521. The molecule has 0 aliphatic carbocycles. The van der Waals surface area contributed by atoms with Gasteiger partial charge in [0.15, 0.2) is 5.58 Å². The summed E-state index contributed by atoms with van der Waals surface area (Å²) in [7, 11) is 1.61. The van der Waals surface area contributed by atoms with Crippen molar-refractivity contribution in [1.29, 1.82) is 0 Å². The van der Waals surface area contributed by atoms with Crippen LogP contribution in [0.5, 0.6) is 5.75 Å². The van der Waals surface area contributed by atoms with Crippen LogP contribution >= 0.6 is 0 Å². The molecule has 0 aliphatic heterocycles. The molecule has 1 heterocycles. The van der Waals surface area contributed by atoms with Gasteiger partial charge in [-0.3, -0.25) is 15.1 Å². The van der Waals surface area contributed by atoms with E-state index in [0.29, 0.717) is 28.2 Å². The first-order valence-corrected chi connectivity index (χ1v) is 9.13. The molecule has 3 aromatic carbocycles. The van der Waals surface area contributed by atoms with Crippen LogP contribution in [0.2, 0.25) is 0 Å². The van der Waals surface area contributed by atoms with Crippen LogP contribution in [0.1, 0.15) is 5.56 Å². The highest BCUT2D eigenvalue weighted by Crippen LogP contribution is 2.29. The fourth-order valence-electron chi connectivity index (χ4n) is 2.95. The highest BCUT2D eigenvalue weighted by Gasteiger charge is 2.10.